The van der Waals surface area contributed by atoms with E-state index >= 15 is 0 Å². The number of nitrogens with one attached hydrogen (secondary N) is 1. The van der Waals surface area contributed by atoms with Gasteiger partial charge in [0, 0.05) is 19.1 Å². The molecule has 1 fully saturated rings. The molecule has 5 N–H and O–H groups in total. The summed E-state index contributed by atoms with van der Waals surface area (Å²) >= 11 is 0. The summed E-state index contributed by atoms with van der Waals surface area (Å²) in [5, 5.41) is 2.01. The highest BCUT2D eigenvalue weighted by atomic mass is 16.5. The maximum Gasteiger partial charge on any atom is 0.318 e. The second-order valence-electron chi connectivity index (χ2n) is 3.35. The second kappa shape index (κ2) is 5.64. The van der Waals surface area contributed by atoms with Gasteiger partial charge < -0.3 is 16.2 Å². The van der Waals surface area contributed by atoms with Crippen LogP contribution in [0.15, 0.2) is 0 Å². The highest BCUT2D eigenvalue weighted by Crippen LogP contribution is 2.04. The van der Waals surface area contributed by atoms with E-state index in [2.05, 4.69) is 0 Å². The molecule has 0 aliphatic carbocycles. The van der Waals surface area contributed by atoms with Crippen molar-refractivity contribution in [3.63, 3.8) is 0 Å². The number of amides is 3. The summed E-state index contributed by atoms with van der Waals surface area (Å²) in [6.45, 7) is 2.26. The van der Waals surface area contributed by atoms with Gasteiger partial charge in [-0.3, -0.25) is 15.0 Å². The first-order valence-electron chi connectivity index (χ1n) is 4.74. The van der Waals surface area contributed by atoms with Crippen LogP contribution in [0.3, 0.4) is 0 Å². The highest BCUT2D eigenvalue weighted by Gasteiger charge is 2.23. The van der Waals surface area contributed by atoms with Gasteiger partial charge in [-0.15, -0.1) is 0 Å². The number of nitrogens with zero attached hydrogens (tertiary/aromatic N) is 1. The number of urea groups is 1. The molecule has 7 nitrogen and oxygen atoms in total. The SMILES string of the molecule is NCC1COCCN1CC(=O)NC(N)=O. The molecule has 1 unspecified atom stereocenters. The molecule has 0 aromatic carbocycles. The third kappa shape index (κ3) is 3.82. The Labute approximate surface area is 87.7 Å². The van der Waals surface area contributed by atoms with E-state index in [4.69, 9.17) is 16.2 Å². The van der Waals surface area contributed by atoms with Gasteiger partial charge in [0.05, 0.1) is 19.8 Å². The van der Waals surface area contributed by atoms with Crippen molar-refractivity contribution in [2.75, 3.05) is 32.8 Å². The fraction of sp³-hybridized carbons (Fsp3) is 0.750. The molecular weight excluding hydrogens is 200 g/mol. The van der Waals surface area contributed by atoms with Gasteiger partial charge in [-0.2, -0.15) is 0 Å². The van der Waals surface area contributed by atoms with E-state index in [0.29, 0.717) is 26.3 Å². The lowest BCUT2D eigenvalue weighted by atomic mass is 10.2. The number of primary amides is 1. The molecule has 0 aromatic heterocycles. The molecule has 1 heterocycles. The van der Waals surface area contributed by atoms with Crippen molar-refractivity contribution in [2.45, 2.75) is 6.04 Å². The summed E-state index contributed by atoms with van der Waals surface area (Å²) in [5.41, 5.74) is 10.4. The minimum atomic E-state index is -0.836. The number of hydrogen-bond acceptors (Lipinski definition) is 5. The van der Waals surface area contributed by atoms with Gasteiger partial charge in [0.2, 0.25) is 5.91 Å². The van der Waals surface area contributed by atoms with E-state index in [1.165, 1.54) is 0 Å². The molecule has 1 rings (SSSR count). The highest BCUT2D eigenvalue weighted by molar-refractivity contribution is 5.94. The summed E-state index contributed by atoms with van der Waals surface area (Å²) in [6, 6.07) is -0.810. The maximum atomic E-state index is 11.2. The molecule has 0 spiro atoms. The normalized spacial score (nSPS) is 22.3. The van der Waals surface area contributed by atoms with Crippen molar-refractivity contribution < 1.29 is 14.3 Å². The fourth-order valence-corrected chi connectivity index (χ4v) is 1.48. The molecular formula is C8H16N4O3. The molecule has 1 aliphatic rings. The van der Waals surface area contributed by atoms with Crippen LogP contribution in [-0.2, 0) is 9.53 Å². The van der Waals surface area contributed by atoms with Crippen LogP contribution in [0, 0.1) is 0 Å². The Kier molecular flexibility index (Phi) is 4.47. The third-order valence-corrected chi connectivity index (χ3v) is 2.23. The number of carbonyl (C=O) groups excluding carboxylic acids is 2. The van der Waals surface area contributed by atoms with Crippen LogP contribution in [-0.4, -0.2) is 55.7 Å². The van der Waals surface area contributed by atoms with Crippen molar-refractivity contribution in [1.82, 2.24) is 10.2 Å². The first-order chi connectivity index (χ1) is 7.13. The Morgan fingerprint density at radius 1 is 1.53 bits per heavy atom. The summed E-state index contributed by atoms with van der Waals surface area (Å²) in [4.78, 5) is 23.5. The van der Waals surface area contributed by atoms with Crippen molar-refractivity contribution in [2.24, 2.45) is 11.5 Å². The average molecular weight is 216 g/mol. The summed E-state index contributed by atoms with van der Waals surface area (Å²) in [7, 11) is 0. The van der Waals surface area contributed by atoms with Crippen molar-refractivity contribution in [3.05, 3.63) is 0 Å². The Morgan fingerprint density at radius 2 is 2.27 bits per heavy atom. The second-order valence-corrected chi connectivity index (χ2v) is 3.35. The molecule has 1 aliphatic heterocycles. The van der Waals surface area contributed by atoms with E-state index in [1.54, 1.807) is 0 Å². The van der Waals surface area contributed by atoms with Crippen LogP contribution in [0.25, 0.3) is 0 Å². The predicted octanol–water partition coefficient (Wildman–Crippen LogP) is -2.16. The zero-order valence-corrected chi connectivity index (χ0v) is 8.44. The van der Waals surface area contributed by atoms with Crippen LogP contribution in [0.2, 0.25) is 0 Å². The molecule has 1 saturated heterocycles. The van der Waals surface area contributed by atoms with Gasteiger partial charge in [0.25, 0.3) is 0 Å². The lowest BCUT2D eigenvalue weighted by Gasteiger charge is -2.33. The summed E-state index contributed by atoms with van der Waals surface area (Å²) in [5.74, 6) is -0.414. The van der Waals surface area contributed by atoms with E-state index in [1.807, 2.05) is 10.2 Å². The van der Waals surface area contributed by atoms with Gasteiger partial charge in [-0.25, -0.2) is 4.79 Å². The van der Waals surface area contributed by atoms with E-state index in [9.17, 15) is 9.59 Å². The zero-order valence-electron chi connectivity index (χ0n) is 8.44. The minimum Gasteiger partial charge on any atom is -0.378 e. The molecule has 1 atom stereocenters. The van der Waals surface area contributed by atoms with Crippen LogP contribution in [0.4, 0.5) is 4.79 Å². The fourth-order valence-electron chi connectivity index (χ4n) is 1.48. The molecule has 15 heavy (non-hydrogen) atoms. The molecule has 3 amide bonds. The van der Waals surface area contributed by atoms with Gasteiger partial charge in [0.15, 0.2) is 0 Å². The van der Waals surface area contributed by atoms with Gasteiger partial charge in [-0.1, -0.05) is 0 Å². The predicted molar refractivity (Wildman–Crippen MR) is 53.0 cm³/mol. The van der Waals surface area contributed by atoms with Gasteiger partial charge >= 0.3 is 6.03 Å². The lowest BCUT2D eigenvalue weighted by molar-refractivity contribution is -0.123. The Balaban J connectivity index is 2.40. The van der Waals surface area contributed by atoms with E-state index in [0.717, 1.165) is 0 Å². The number of hydrogen-bond donors (Lipinski definition) is 3. The van der Waals surface area contributed by atoms with E-state index < -0.39 is 11.9 Å². The maximum absolute atomic E-state index is 11.2. The molecule has 0 aromatic rings. The van der Waals surface area contributed by atoms with Crippen molar-refractivity contribution in [1.29, 1.82) is 0 Å². The van der Waals surface area contributed by atoms with Crippen molar-refractivity contribution >= 4 is 11.9 Å². The number of morpholine rings is 1. The lowest BCUT2D eigenvalue weighted by Crippen LogP contribution is -2.53. The van der Waals surface area contributed by atoms with Crippen LogP contribution < -0.4 is 16.8 Å². The molecule has 0 saturated carbocycles. The third-order valence-electron chi connectivity index (χ3n) is 2.23. The van der Waals surface area contributed by atoms with E-state index in [-0.39, 0.29) is 12.6 Å². The standard InChI is InChI=1S/C8H16N4O3/c9-3-6-5-15-2-1-12(6)4-7(13)11-8(10)14/h6H,1-5,9H2,(H3,10,11,13,14). The number of rotatable bonds is 3. The van der Waals surface area contributed by atoms with Gasteiger partial charge in [0.1, 0.15) is 0 Å². The Hall–Kier alpha value is -1.18. The molecule has 7 heteroatoms. The number of ether oxygens (including phenoxy) is 1. The van der Waals surface area contributed by atoms with Crippen LogP contribution in [0.5, 0.6) is 0 Å². The van der Waals surface area contributed by atoms with Crippen LogP contribution in [0.1, 0.15) is 0 Å². The molecule has 0 bridgehead atoms. The number of imide groups is 1. The Morgan fingerprint density at radius 3 is 2.87 bits per heavy atom. The van der Waals surface area contributed by atoms with Gasteiger partial charge in [-0.05, 0) is 0 Å². The average Bonchev–Trinajstić information content (AvgIpc) is 2.17. The monoisotopic (exact) mass is 216 g/mol. The number of carbonyl (C=O) groups is 2. The smallest absolute Gasteiger partial charge is 0.318 e. The first kappa shape index (κ1) is 11.9. The topological polar surface area (TPSA) is 111 Å². The molecule has 0 radical (unpaired) electrons. The van der Waals surface area contributed by atoms with Crippen molar-refractivity contribution in [3.8, 4) is 0 Å². The largest absolute Gasteiger partial charge is 0.378 e. The quantitative estimate of drug-likeness (QED) is 0.497. The first-order valence-corrected chi connectivity index (χ1v) is 4.74. The molecule has 86 valence electrons. The minimum absolute atomic E-state index is 0.0253. The Bertz CT molecular complexity index is 246. The number of nitrogens with two attached hydrogens (primary N) is 2. The van der Waals surface area contributed by atoms with Crippen LogP contribution >= 0.6 is 0 Å². The zero-order chi connectivity index (χ0) is 11.3. The summed E-state index contributed by atoms with van der Waals surface area (Å²) < 4.78 is 5.22. The summed E-state index contributed by atoms with van der Waals surface area (Å²) in [6.07, 6.45) is 0.